The maximum atomic E-state index is 11.9. The molecule has 0 bridgehead atoms. The molecule has 3 nitrogen and oxygen atoms in total. The average molecular weight is 373 g/mol. The number of carbonyl (C=O) groups excluding carboxylic acids is 1. The molecule has 1 heterocycles. The molecule has 1 aromatic carbocycles. The lowest BCUT2D eigenvalue weighted by Gasteiger charge is -2.05. The minimum Gasteiger partial charge on any atom is -0.346 e. The molecule has 0 aliphatic rings. The molecule has 0 saturated heterocycles. The van der Waals surface area contributed by atoms with E-state index in [0.717, 1.165) is 9.26 Å². The van der Waals surface area contributed by atoms with Crippen molar-refractivity contribution in [2.45, 2.75) is 6.54 Å². The molecular formula is C13H10ClIN2O. The van der Waals surface area contributed by atoms with Gasteiger partial charge in [0.05, 0.1) is 17.3 Å². The Morgan fingerprint density at radius 3 is 2.83 bits per heavy atom. The molecule has 0 atom stereocenters. The van der Waals surface area contributed by atoms with E-state index in [0.29, 0.717) is 17.1 Å². The van der Waals surface area contributed by atoms with E-state index in [4.69, 9.17) is 11.6 Å². The average Bonchev–Trinajstić information content (AvgIpc) is 2.40. The van der Waals surface area contributed by atoms with Gasteiger partial charge in [-0.3, -0.25) is 9.78 Å². The lowest BCUT2D eigenvalue weighted by Crippen LogP contribution is -2.23. The van der Waals surface area contributed by atoms with E-state index in [1.807, 2.05) is 24.3 Å². The van der Waals surface area contributed by atoms with Gasteiger partial charge in [0, 0.05) is 15.3 Å². The van der Waals surface area contributed by atoms with Crippen molar-refractivity contribution in [3.63, 3.8) is 0 Å². The third-order valence-electron chi connectivity index (χ3n) is 2.34. The molecule has 5 heteroatoms. The number of benzene rings is 1. The fraction of sp³-hybridized carbons (Fsp3) is 0.0769. The van der Waals surface area contributed by atoms with E-state index >= 15 is 0 Å². The Balaban J connectivity index is 2.02. The molecule has 0 radical (unpaired) electrons. The Kier molecular flexibility index (Phi) is 4.54. The van der Waals surface area contributed by atoms with Crippen LogP contribution in [-0.4, -0.2) is 10.9 Å². The third kappa shape index (κ3) is 3.43. The van der Waals surface area contributed by atoms with Gasteiger partial charge in [-0.25, -0.2) is 0 Å². The Labute approximate surface area is 124 Å². The van der Waals surface area contributed by atoms with Gasteiger partial charge in [-0.05, 0) is 52.9 Å². The van der Waals surface area contributed by atoms with Crippen LogP contribution < -0.4 is 5.32 Å². The Bertz CT molecular complexity index is 560. The second kappa shape index (κ2) is 6.15. The molecule has 1 amide bonds. The van der Waals surface area contributed by atoms with Crippen molar-refractivity contribution >= 4 is 40.1 Å². The van der Waals surface area contributed by atoms with Crippen molar-refractivity contribution in [2.24, 2.45) is 0 Å². The zero-order valence-corrected chi connectivity index (χ0v) is 12.3. The smallest absolute Gasteiger partial charge is 0.251 e. The summed E-state index contributed by atoms with van der Waals surface area (Å²) in [7, 11) is 0. The number of nitrogens with one attached hydrogen (secondary N) is 1. The third-order valence-corrected chi connectivity index (χ3v) is 3.91. The first kappa shape index (κ1) is 13.3. The van der Waals surface area contributed by atoms with Crippen LogP contribution in [-0.2, 0) is 6.54 Å². The highest BCUT2D eigenvalue weighted by atomic mass is 127. The molecule has 0 unspecified atom stereocenters. The SMILES string of the molecule is O=C(NCc1ccccn1)c1ccc(I)c(Cl)c1. The zero-order chi connectivity index (χ0) is 13.0. The number of carbonyl (C=O) groups is 1. The van der Waals surface area contributed by atoms with Crippen LogP contribution in [0.25, 0.3) is 0 Å². The molecule has 1 N–H and O–H groups in total. The van der Waals surface area contributed by atoms with Crippen LogP contribution in [0.5, 0.6) is 0 Å². The lowest BCUT2D eigenvalue weighted by molar-refractivity contribution is 0.0950. The van der Waals surface area contributed by atoms with Crippen LogP contribution in [0.1, 0.15) is 16.1 Å². The first-order valence-electron chi connectivity index (χ1n) is 5.30. The zero-order valence-electron chi connectivity index (χ0n) is 9.36. The van der Waals surface area contributed by atoms with Crippen LogP contribution >= 0.6 is 34.2 Å². The number of pyridine rings is 1. The van der Waals surface area contributed by atoms with E-state index < -0.39 is 0 Å². The summed E-state index contributed by atoms with van der Waals surface area (Å²) in [6, 6.07) is 10.8. The molecule has 1 aromatic heterocycles. The van der Waals surface area contributed by atoms with Gasteiger partial charge in [0.25, 0.3) is 5.91 Å². The minimum absolute atomic E-state index is 0.154. The summed E-state index contributed by atoms with van der Waals surface area (Å²) < 4.78 is 0.926. The number of nitrogens with zero attached hydrogens (tertiary/aromatic N) is 1. The van der Waals surface area contributed by atoms with Gasteiger partial charge in [-0.15, -0.1) is 0 Å². The van der Waals surface area contributed by atoms with Crippen LogP contribution in [0.4, 0.5) is 0 Å². The first-order chi connectivity index (χ1) is 8.66. The molecule has 2 rings (SSSR count). The highest BCUT2D eigenvalue weighted by molar-refractivity contribution is 14.1. The molecule has 0 fully saturated rings. The van der Waals surface area contributed by atoms with Crippen LogP contribution in [0.2, 0.25) is 5.02 Å². The summed E-state index contributed by atoms with van der Waals surface area (Å²) in [6.07, 6.45) is 1.70. The van der Waals surface area contributed by atoms with E-state index in [1.54, 1.807) is 18.3 Å². The van der Waals surface area contributed by atoms with E-state index in [1.165, 1.54) is 0 Å². The molecule has 0 aliphatic carbocycles. The topological polar surface area (TPSA) is 42.0 Å². The molecule has 18 heavy (non-hydrogen) atoms. The van der Waals surface area contributed by atoms with E-state index in [2.05, 4.69) is 32.9 Å². The van der Waals surface area contributed by atoms with Gasteiger partial charge in [-0.1, -0.05) is 17.7 Å². The molecular weight excluding hydrogens is 363 g/mol. The van der Waals surface area contributed by atoms with Crippen molar-refractivity contribution < 1.29 is 4.79 Å². The summed E-state index contributed by atoms with van der Waals surface area (Å²) in [5.41, 5.74) is 1.37. The second-order valence-corrected chi connectivity index (χ2v) is 5.20. The summed E-state index contributed by atoms with van der Waals surface area (Å²) in [5.74, 6) is -0.154. The van der Waals surface area contributed by atoms with Crippen molar-refractivity contribution in [3.8, 4) is 0 Å². The predicted octanol–water partition coefficient (Wildman–Crippen LogP) is 3.27. The van der Waals surface area contributed by atoms with Gasteiger partial charge >= 0.3 is 0 Å². The lowest BCUT2D eigenvalue weighted by atomic mass is 10.2. The summed E-state index contributed by atoms with van der Waals surface area (Å²) in [4.78, 5) is 16.0. The second-order valence-electron chi connectivity index (χ2n) is 3.63. The normalized spacial score (nSPS) is 10.1. The summed E-state index contributed by atoms with van der Waals surface area (Å²) in [5, 5.41) is 3.38. The fourth-order valence-electron chi connectivity index (χ4n) is 1.41. The monoisotopic (exact) mass is 372 g/mol. The van der Waals surface area contributed by atoms with Gasteiger partial charge in [0.1, 0.15) is 0 Å². The number of hydrogen-bond donors (Lipinski definition) is 1. The predicted molar refractivity (Wildman–Crippen MR) is 79.6 cm³/mol. The Morgan fingerprint density at radius 2 is 2.17 bits per heavy atom. The largest absolute Gasteiger partial charge is 0.346 e. The molecule has 0 aliphatic heterocycles. The highest BCUT2D eigenvalue weighted by Gasteiger charge is 2.07. The maximum absolute atomic E-state index is 11.9. The highest BCUT2D eigenvalue weighted by Crippen LogP contribution is 2.19. The Hall–Kier alpha value is -1.14. The van der Waals surface area contributed by atoms with Gasteiger partial charge in [0.2, 0.25) is 0 Å². The molecule has 2 aromatic rings. The molecule has 0 saturated carbocycles. The van der Waals surface area contributed by atoms with E-state index in [9.17, 15) is 4.79 Å². The fourth-order valence-corrected chi connectivity index (χ4v) is 1.93. The van der Waals surface area contributed by atoms with Crippen LogP contribution in [0.3, 0.4) is 0 Å². The molecule has 92 valence electrons. The molecule has 0 spiro atoms. The number of hydrogen-bond acceptors (Lipinski definition) is 2. The van der Waals surface area contributed by atoms with E-state index in [-0.39, 0.29) is 5.91 Å². The maximum Gasteiger partial charge on any atom is 0.251 e. The summed E-state index contributed by atoms with van der Waals surface area (Å²) >= 11 is 8.10. The number of aromatic nitrogens is 1. The number of amides is 1. The van der Waals surface area contributed by atoms with Crippen molar-refractivity contribution in [2.75, 3.05) is 0 Å². The van der Waals surface area contributed by atoms with Gasteiger partial charge in [-0.2, -0.15) is 0 Å². The standard InChI is InChI=1S/C13H10ClIN2O/c14-11-7-9(4-5-12(11)15)13(18)17-8-10-3-1-2-6-16-10/h1-7H,8H2,(H,17,18). The van der Waals surface area contributed by atoms with Crippen molar-refractivity contribution in [3.05, 3.63) is 62.4 Å². The van der Waals surface area contributed by atoms with Crippen LogP contribution in [0.15, 0.2) is 42.6 Å². The first-order valence-corrected chi connectivity index (χ1v) is 6.75. The van der Waals surface area contributed by atoms with Crippen LogP contribution in [0, 0.1) is 3.57 Å². The summed E-state index contributed by atoms with van der Waals surface area (Å²) in [6.45, 7) is 0.406. The van der Waals surface area contributed by atoms with Crippen molar-refractivity contribution in [1.82, 2.24) is 10.3 Å². The minimum atomic E-state index is -0.154. The van der Waals surface area contributed by atoms with Gasteiger partial charge < -0.3 is 5.32 Å². The number of halogens is 2. The number of rotatable bonds is 3. The van der Waals surface area contributed by atoms with Gasteiger partial charge in [0.15, 0.2) is 0 Å². The van der Waals surface area contributed by atoms with Crippen molar-refractivity contribution in [1.29, 1.82) is 0 Å². The Morgan fingerprint density at radius 1 is 1.33 bits per heavy atom. The quantitative estimate of drug-likeness (QED) is 0.840.